The van der Waals surface area contributed by atoms with Gasteiger partial charge in [0.25, 0.3) is 0 Å². The summed E-state index contributed by atoms with van der Waals surface area (Å²) in [7, 11) is -3.53. The summed E-state index contributed by atoms with van der Waals surface area (Å²) in [5.74, 6) is -0.455. The van der Waals surface area contributed by atoms with Gasteiger partial charge in [-0.15, -0.1) is 0 Å². The molecule has 2 aliphatic rings. The molecule has 0 bridgehead atoms. The molecule has 1 N–H and O–H groups in total. The number of nitrogens with one attached hydrogen (secondary N) is 1. The van der Waals surface area contributed by atoms with Crippen LogP contribution in [0.25, 0.3) is 0 Å². The first-order valence-electron chi connectivity index (χ1n) is 9.21. The molecule has 148 valence electrons. The predicted molar refractivity (Wildman–Crippen MR) is 98.8 cm³/mol. The van der Waals surface area contributed by atoms with Crippen molar-refractivity contribution in [3.8, 4) is 0 Å². The normalized spacial score (nSPS) is 18.1. The molecule has 1 fully saturated rings. The molecule has 0 atom stereocenters. The minimum atomic E-state index is -3.53. The topological polar surface area (TPSA) is 96.0 Å². The molecule has 1 saturated heterocycles. The van der Waals surface area contributed by atoms with Gasteiger partial charge in [-0.25, -0.2) is 13.2 Å². The Labute approximate surface area is 159 Å². The first kappa shape index (κ1) is 19.8. The standard InChI is InChI=1S/C18H25N3O5S/c1-2-26-18(23)19-17(22)13-20-8-10-21(11-9-20)27(24,25)16-7-6-14-4-3-5-15(14)12-16/h6-7,12H,2-5,8-11,13H2,1H3,(H,19,22,23). The third-order valence-electron chi connectivity index (χ3n) is 4.92. The fourth-order valence-electron chi connectivity index (χ4n) is 3.51. The number of benzene rings is 1. The summed E-state index contributed by atoms with van der Waals surface area (Å²) >= 11 is 0. The molecule has 2 amide bonds. The molecule has 0 radical (unpaired) electrons. The second-order valence-corrected chi connectivity index (χ2v) is 8.67. The molecule has 1 aromatic carbocycles. The lowest BCUT2D eigenvalue weighted by atomic mass is 10.1. The molecule has 1 heterocycles. The zero-order valence-corrected chi connectivity index (χ0v) is 16.3. The highest BCUT2D eigenvalue weighted by Gasteiger charge is 2.30. The number of ether oxygens (including phenoxy) is 1. The van der Waals surface area contributed by atoms with Gasteiger partial charge in [0.1, 0.15) is 0 Å². The number of nitrogens with zero attached hydrogens (tertiary/aromatic N) is 2. The van der Waals surface area contributed by atoms with Crippen LogP contribution in [0, 0.1) is 0 Å². The van der Waals surface area contributed by atoms with E-state index in [1.165, 1.54) is 9.87 Å². The summed E-state index contributed by atoms with van der Waals surface area (Å²) in [6, 6.07) is 5.42. The lowest BCUT2D eigenvalue weighted by Gasteiger charge is -2.33. The molecule has 1 aliphatic carbocycles. The van der Waals surface area contributed by atoms with Gasteiger partial charge in [-0.3, -0.25) is 15.0 Å². The largest absolute Gasteiger partial charge is 0.450 e. The van der Waals surface area contributed by atoms with Crippen molar-refractivity contribution in [2.24, 2.45) is 0 Å². The van der Waals surface area contributed by atoms with Crippen LogP contribution in [0.4, 0.5) is 4.79 Å². The lowest BCUT2D eigenvalue weighted by Crippen LogP contribution is -2.51. The smallest absolute Gasteiger partial charge is 0.413 e. The highest BCUT2D eigenvalue weighted by atomic mass is 32.2. The Morgan fingerprint density at radius 2 is 1.81 bits per heavy atom. The number of hydrogen-bond acceptors (Lipinski definition) is 6. The maximum atomic E-state index is 12.9. The van der Waals surface area contributed by atoms with Crippen LogP contribution >= 0.6 is 0 Å². The maximum absolute atomic E-state index is 12.9. The van der Waals surface area contributed by atoms with Gasteiger partial charge in [-0.05, 0) is 49.4 Å². The molecule has 1 aromatic rings. The van der Waals surface area contributed by atoms with Gasteiger partial charge < -0.3 is 4.74 Å². The second kappa shape index (κ2) is 8.37. The number of aryl methyl sites for hydroxylation is 2. The highest BCUT2D eigenvalue weighted by molar-refractivity contribution is 7.89. The van der Waals surface area contributed by atoms with Gasteiger partial charge in [-0.1, -0.05) is 6.07 Å². The molecule has 0 saturated carbocycles. The molecule has 0 aromatic heterocycles. The number of alkyl carbamates (subject to hydrolysis) is 1. The van der Waals surface area contributed by atoms with Crippen LogP contribution in [-0.2, 0) is 32.4 Å². The monoisotopic (exact) mass is 395 g/mol. The molecule has 9 heteroatoms. The van der Waals surface area contributed by atoms with E-state index in [0.717, 1.165) is 24.8 Å². The molecule has 3 rings (SSSR count). The summed E-state index contributed by atoms with van der Waals surface area (Å²) in [4.78, 5) is 25.2. The summed E-state index contributed by atoms with van der Waals surface area (Å²) in [5, 5.41) is 2.15. The number of hydrogen-bond donors (Lipinski definition) is 1. The van der Waals surface area contributed by atoms with E-state index in [-0.39, 0.29) is 13.2 Å². The first-order valence-corrected chi connectivity index (χ1v) is 10.6. The van der Waals surface area contributed by atoms with E-state index in [4.69, 9.17) is 0 Å². The van der Waals surface area contributed by atoms with E-state index in [1.54, 1.807) is 19.1 Å². The zero-order chi connectivity index (χ0) is 19.4. The van der Waals surface area contributed by atoms with Gasteiger partial charge in [0, 0.05) is 26.2 Å². The molecule has 0 unspecified atom stereocenters. The van der Waals surface area contributed by atoms with Crippen LogP contribution in [0.2, 0.25) is 0 Å². The van der Waals surface area contributed by atoms with Gasteiger partial charge >= 0.3 is 6.09 Å². The molecular formula is C18H25N3O5S. The van der Waals surface area contributed by atoms with Gasteiger partial charge in [0.15, 0.2) is 0 Å². The molecular weight excluding hydrogens is 370 g/mol. The van der Waals surface area contributed by atoms with E-state index in [2.05, 4.69) is 10.1 Å². The number of carbonyl (C=O) groups is 2. The minimum absolute atomic E-state index is 0.0333. The average Bonchev–Trinajstić information content (AvgIpc) is 3.10. The van der Waals surface area contributed by atoms with E-state index >= 15 is 0 Å². The quantitative estimate of drug-likeness (QED) is 0.791. The second-order valence-electron chi connectivity index (χ2n) is 6.73. The van der Waals surface area contributed by atoms with Crippen LogP contribution in [-0.4, -0.2) is 69.0 Å². The lowest BCUT2D eigenvalue weighted by molar-refractivity contribution is -0.121. The Bertz CT molecular complexity index is 816. The van der Waals surface area contributed by atoms with Crippen LogP contribution in [0.3, 0.4) is 0 Å². The van der Waals surface area contributed by atoms with Crippen molar-refractivity contribution in [2.45, 2.75) is 31.1 Å². The summed E-state index contributed by atoms with van der Waals surface area (Å²) in [5.41, 5.74) is 2.37. The van der Waals surface area contributed by atoms with Crippen molar-refractivity contribution in [3.05, 3.63) is 29.3 Å². The zero-order valence-electron chi connectivity index (χ0n) is 15.4. The van der Waals surface area contributed by atoms with Crippen molar-refractivity contribution in [1.82, 2.24) is 14.5 Å². The van der Waals surface area contributed by atoms with Crippen molar-refractivity contribution >= 4 is 22.0 Å². The van der Waals surface area contributed by atoms with E-state index in [1.807, 2.05) is 11.0 Å². The number of sulfonamides is 1. The van der Waals surface area contributed by atoms with E-state index in [0.29, 0.717) is 31.1 Å². The molecule has 8 nitrogen and oxygen atoms in total. The van der Waals surface area contributed by atoms with Crippen LogP contribution in [0.1, 0.15) is 24.5 Å². The van der Waals surface area contributed by atoms with E-state index in [9.17, 15) is 18.0 Å². The van der Waals surface area contributed by atoms with E-state index < -0.39 is 22.0 Å². The van der Waals surface area contributed by atoms with Crippen molar-refractivity contribution in [3.63, 3.8) is 0 Å². The van der Waals surface area contributed by atoms with Crippen LogP contribution < -0.4 is 5.32 Å². The Kier molecular flexibility index (Phi) is 6.13. The van der Waals surface area contributed by atoms with Crippen molar-refractivity contribution in [1.29, 1.82) is 0 Å². The van der Waals surface area contributed by atoms with Gasteiger partial charge in [0.05, 0.1) is 18.0 Å². The minimum Gasteiger partial charge on any atom is -0.450 e. The van der Waals surface area contributed by atoms with Gasteiger partial charge in [0.2, 0.25) is 15.9 Å². The van der Waals surface area contributed by atoms with Gasteiger partial charge in [-0.2, -0.15) is 4.31 Å². The number of fused-ring (bicyclic) bond motifs is 1. The third kappa shape index (κ3) is 4.66. The number of amides is 2. The number of rotatable bonds is 5. The van der Waals surface area contributed by atoms with Crippen molar-refractivity contribution in [2.75, 3.05) is 39.3 Å². The Hall–Kier alpha value is -1.97. The molecule has 1 aliphatic heterocycles. The highest BCUT2D eigenvalue weighted by Crippen LogP contribution is 2.26. The summed E-state index contributed by atoms with van der Waals surface area (Å²) < 4.78 is 31.9. The fraction of sp³-hybridized carbons (Fsp3) is 0.556. The fourth-order valence-corrected chi connectivity index (χ4v) is 4.98. The number of imide groups is 1. The number of carbonyl (C=O) groups excluding carboxylic acids is 2. The number of piperazine rings is 1. The Balaban J connectivity index is 1.55. The molecule has 27 heavy (non-hydrogen) atoms. The predicted octanol–water partition coefficient (Wildman–Crippen LogP) is 0.754. The van der Waals surface area contributed by atoms with Crippen molar-refractivity contribution < 1.29 is 22.7 Å². The third-order valence-corrected chi connectivity index (χ3v) is 6.82. The Morgan fingerprint density at radius 3 is 2.52 bits per heavy atom. The van der Waals surface area contributed by atoms with Crippen LogP contribution in [0.15, 0.2) is 23.1 Å². The average molecular weight is 395 g/mol. The molecule has 0 spiro atoms. The summed E-state index contributed by atoms with van der Waals surface area (Å²) in [6.07, 6.45) is 2.26. The Morgan fingerprint density at radius 1 is 1.11 bits per heavy atom. The summed E-state index contributed by atoms with van der Waals surface area (Å²) in [6.45, 7) is 3.37. The van der Waals surface area contributed by atoms with Crippen LogP contribution in [0.5, 0.6) is 0 Å². The first-order chi connectivity index (χ1) is 12.9. The maximum Gasteiger partial charge on any atom is 0.413 e. The SMILES string of the molecule is CCOC(=O)NC(=O)CN1CCN(S(=O)(=O)c2ccc3c(c2)CCC3)CC1.